The highest BCUT2D eigenvalue weighted by atomic mass is 32.2. The van der Waals surface area contributed by atoms with Gasteiger partial charge in [-0.15, -0.1) is 10.2 Å². The number of halogens is 4. The molecule has 2 heterocycles. The van der Waals surface area contributed by atoms with E-state index in [0.717, 1.165) is 37.6 Å². The number of alkyl halides is 3. The fourth-order valence-corrected chi connectivity index (χ4v) is 4.65. The summed E-state index contributed by atoms with van der Waals surface area (Å²) in [4.78, 5) is -0.698. The van der Waals surface area contributed by atoms with Crippen LogP contribution in [0.15, 0.2) is 47.4 Å². The van der Waals surface area contributed by atoms with Gasteiger partial charge in [0.2, 0.25) is 0 Å². The molecular formula is C20H18F4N4O2S. The van der Waals surface area contributed by atoms with Gasteiger partial charge in [0, 0.05) is 18.5 Å². The van der Waals surface area contributed by atoms with Crippen LogP contribution in [0.1, 0.15) is 30.7 Å². The SMILES string of the molecule is O=S(=O)(Nc1ccccc1-c1nnc2n1CCCCC2)c1ccc(F)c(C(F)(F)F)c1. The van der Waals surface area contributed by atoms with Gasteiger partial charge in [-0.25, -0.2) is 12.8 Å². The van der Waals surface area contributed by atoms with Crippen molar-refractivity contribution in [2.75, 3.05) is 4.72 Å². The number of benzene rings is 2. The number of aromatic nitrogens is 3. The molecule has 6 nitrogen and oxygen atoms in total. The Kier molecular flexibility index (Phi) is 5.46. The van der Waals surface area contributed by atoms with Crippen LogP contribution >= 0.6 is 0 Å². The lowest BCUT2D eigenvalue weighted by molar-refractivity contribution is -0.140. The van der Waals surface area contributed by atoms with Crippen molar-refractivity contribution < 1.29 is 26.0 Å². The molecule has 0 radical (unpaired) electrons. The number of aryl methyl sites for hydroxylation is 1. The van der Waals surface area contributed by atoms with Gasteiger partial charge in [-0.05, 0) is 43.2 Å². The predicted molar refractivity (Wildman–Crippen MR) is 105 cm³/mol. The molecule has 0 saturated heterocycles. The molecule has 0 aliphatic carbocycles. The van der Waals surface area contributed by atoms with Crippen LogP contribution < -0.4 is 4.72 Å². The molecule has 0 amide bonds. The number of nitrogens with zero attached hydrogens (tertiary/aromatic N) is 3. The number of hydrogen-bond acceptors (Lipinski definition) is 4. The van der Waals surface area contributed by atoms with Crippen molar-refractivity contribution in [3.63, 3.8) is 0 Å². The average Bonchev–Trinajstić information content (AvgIpc) is 2.95. The minimum Gasteiger partial charge on any atom is -0.311 e. The van der Waals surface area contributed by atoms with E-state index in [1.54, 1.807) is 18.2 Å². The number of hydrogen-bond donors (Lipinski definition) is 1. The van der Waals surface area contributed by atoms with Crippen molar-refractivity contribution in [1.29, 1.82) is 0 Å². The number of rotatable bonds is 4. The molecule has 31 heavy (non-hydrogen) atoms. The third kappa shape index (κ3) is 4.27. The molecule has 1 N–H and O–H groups in total. The summed E-state index contributed by atoms with van der Waals surface area (Å²) in [5, 5.41) is 8.42. The van der Waals surface area contributed by atoms with Gasteiger partial charge in [0.05, 0.1) is 16.1 Å². The summed E-state index contributed by atoms with van der Waals surface area (Å²) in [5.74, 6) is -0.262. The van der Waals surface area contributed by atoms with E-state index in [0.29, 0.717) is 24.0 Å². The lowest BCUT2D eigenvalue weighted by Crippen LogP contribution is -2.16. The molecule has 0 unspecified atom stereocenters. The topological polar surface area (TPSA) is 76.9 Å². The molecule has 4 rings (SSSR count). The average molecular weight is 454 g/mol. The molecule has 1 aromatic heterocycles. The Bertz CT molecular complexity index is 1220. The van der Waals surface area contributed by atoms with Gasteiger partial charge < -0.3 is 4.57 Å². The largest absolute Gasteiger partial charge is 0.419 e. The number of para-hydroxylation sites is 1. The zero-order valence-corrected chi connectivity index (χ0v) is 17.0. The van der Waals surface area contributed by atoms with Crippen LogP contribution in [0.4, 0.5) is 23.2 Å². The highest BCUT2D eigenvalue weighted by Gasteiger charge is 2.35. The van der Waals surface area contributed by atoms with Crippen LogP contribution in [0.3, 0.4) is 0 Å². The number of sulfonamides is 1. The molecule has 0 atom stereocenters. The van der Waals surface area contributed by atoms with Crippen molar-refractivity contribution in [2.45, 2.75) is 43.3 Å². The molecule has 2 aromatic carbocycles. The van der Waals surface area contributed by atoms with Crippen molar-refractivity contribution in [3.05, 3.63) is 59.7 Å². The summed E-state index contributed by atoms with van der Waals surface area (Å²) in [6.45, 7) is 0.686. The molecule has 0 spiro atoms. The van der Waals surface area contributed by atoms with E-state index < -0.39 is 32.5 Å². The molecule has 1 aliphatic rings. The predicted octanol–water partition coefficient (Wildman–Crippen LogP) is 4.63. The minimum absolute atomic E-state index is 0.139. The minimum atomic E-state index is -5.02. The van der Waals surface area contributed by atoms with Crippen LogP contribution in [0.25, 0.3) is 11.4 Å². The summed E-state index contributed by atoms with van der Waals surface area (Å²) < 4.78 is 82.5. The Morgan fingerprint density at radius 1 is 1.00 bits per heavy atom. The van der Waals surface area contributed by atoms with Crippen molar-refractivity contribution in [3.8, 4) is 11.4 Å². The quantitative estimate of drug-likeness (QED) is 0.583. The standard InChI is InChI=1S/C20H18F4N4O2S/c21-16-10-9-13(12-15(16)20(22,23)24)31(29,30)27-17-7-4-3-6-14(17)19-26-25-18-8-2-1-5-11-28(18)19/h3-4,6-7,9-10,12,27H,1-2,5,8,11H2. The summed E-state index contributed by atoms with van der Waals surface area (Å²) in [6.07, 6.45) is -1.30. The van der Waals surface area contributed by atoms with Gasteiger partial charge in [0.1, 0.15) is 11.6 Å². The van der Waals surface area contributed by atoms with E-state index >= 15 is 0 Å². The van der Waals surface area contributed by atoms with Crippen LogP contribution in [0.2, 0.25) is 0 Å². The fourth-order valence-electron chi connectivity index (χ4n) is 3.54. The van der Waals surface area contributed by atoms with Crippen LogP contribution in [-0.2, 0) is 29.2 Å². The maximum absolute atomic E-state index is 13.6. The fraction of sp³-hybridized carbons (Fsp3) is 0.300. The summed E-state index contributed by atoms with van der Waals surface area (Å²) >= 11 is 0. The first-order valence-electron chi connectivity index (χ1n) is 9.58. The monoisotopic (exact) mass is 454 g/mol. The number of anilines is 1. The maximum atomic E-state index is 13.6. The zero-order chi connectivity index (χ0) is 22.2. The first-order chi connectivity index (χ1) is 14.7. The van der Waals surface area contributed by atoms with Crippen molar-refractivity contribution >= 4 is 15.7 Å². The van der Waals surface area contributed by atoms with E-state index in [4.69, 9.17) is 0 Å². The summed E-state index contributed by atoms with van der Waals surface area (Å²) in [5.41, 5.74) is -1.06. The Balaban J connectivity index is 1.73. The van der Waals surface area contributed by atoms with E-state index in [9.17, 15) is 26.0 Å². The second-order valence-corrected chi connectivity index (χ2v) is 8.88. The zero-order valence-electron chi connectivity index (χ0n) is 16.2. The summed E-state index contributed by atoms with van der Waals surface area (Å²) in [6, 6.07) is 7.99. The van der Waals surface area contributed by atoms with Crippen molar-refractivity contribution in [2.24, 2.45) is 0 Å². The summed E-state index contributed by atoms with van der Waals surface area (Å²) in [7, 11) is -4.43. The Morgan fingerprint density at radius 2 is 1.77 bits per heavy atom. The Labute approximate surface area is 176 Å². The van der Waals surface area contributed by atoms with E-state index in [2.05, 4.69) is 14.9 Å². The first-order valence-corrected chi connectivity index (χ1v) is 11.1. The van der Waals surface area contributed by atoms with E-state index in [1.165, 1.54) is 6.07 Å². The molecule has 0 bridgehead atoms. The maximum Gasteiger partial charge on any atom is 0.419 e. The van der Waals surface area contributed by atoms with Gasteiger partial charge in [0.15, 0.2) is 5.82 Å². The first kappa shape index (κ1) is 21.3. The molecule has 1 aliphatic heterocycles. The van der Waals surface area contributed by atoms with Crippen LogP contribution in [0.5, 0.6) is 0 Å². The third-order valence-corrected chi connectivity index (χ3v) is 6.44. The Morgan fingerprint density at radius 3 is 2.55 bits per heavy atom. The molecule has 0 saturated carbocycles. The normalized spacial score (nSPS) is 14.7. The molecule has 164 valence electrons. The second-order valence-electron chi connectivity index (χ2n) is 7.19. The van der Waals surface area contributed by atoms with E-state index in [-0.39, 0.29) is 11.8 Å². The molecule has 11 heteroatoms. The molecular weight excluding hydrogens is 436 g/mol. The Hall–Kier alpha value is -2.95. The number of nitrogens with one attached hydrogen (secondary N) is 1. The van der Waals surface area contributed by atoms with Crippen LogP contribution in [0, 0.1) is 5.82 Å². The van der Waals surface area contributed by atoms with Crippen LogP contribution in [-0.4, -0.2) is 23.2 Å². The third-order valence-electron chi connectivity index (χ3n) is 5.08. The highest BCUT2D eigenvalue weighted by molar-refractivity contribution is 7.92. The smallest absolute Gasteiger partial charge is 0.311 e. The lowest BCUT2D eigenvalue weighted by Gasteiger charge is -2.15. The van der Waals surface area contributed by atoms with Crippen molar-refractivity contribution in [1.82, 2.24) is 14.8 Å². The lowest BCUT2D eigenvalue weighted by atomic mass is 10.1. The molecule has 3 aromatic rings. The highest BCUT2D eigenvalue weighted by Crippen LogP contribution is 2.34. The van der Waals surface area contributed by atoms with Gasteiger partial charge in [-0.3, -0.25) is 4.72 Å². The van der Waals surface area contributed by atoms with Gasteiger partial charge in [-0.2, -0.15) is 13.2 Å². The van der Waals surface area contributed by atoms with Gasteiger partial charge in [-0.1, -0.05) is 18.6 Å². The second kappa shape index (κ2) is 7.95. The molecule has 0 fully saturated rings. The number of fused-ring (bicyclic) bond motifs is 1. The van der Waals surface area contributed by atoms with Gasteiger partial charge in [0.25, 0.3) is 10.0 Å². The van der Waals surface area contributed by atoms with Gasteiger partial charge >= 0.3 is 6.18 Å². The van der Waals surface area contributed by atoms with E-state index in [1.807, 2.05) is 4.57 Å².